The lowest BCUT2D eigenvalue weighted by molar-refractivity contribution is 0.218. The van der Waals surface area contributed by atoms with Gasteiger partial charge in [0.25, 0.3) is 0 Å². The zero-order chi connectivity index (χ0) is 15.7. The normalized spacial score (nSPS) is 18.4. The van der Waals surface area contributed by atoms with Gasteiger partial charge in [0.1, 0.15) is 11.1 Å². The average Bonchev–Trinajstić information content (AvgIpc) is 3.10. The van der Waals surface area contributed by atoms with Gasteiger partial charge in [-0.2, -0.15) is 5.26 Å². The molecule has 4 heteroatoms. The van der Waals surface area contributed by atoms with Crippen LogP contribution >= 0.6 is 22.7 Å². The summed E-state index contributed by atoms with van der Waals surface area (Å²) < 4.78 is 0. The Hall–Kier alpha value is -1.44. The first kappa shape index (κ1) is 15.5. The number of nitrogens with zero attached hydrogens (tertiary/aromatic N) is 2. The van der Waals surface area contributed by atoms with Crippen LogP contribution in [-0.4, -0.2) is 6.21 Å². The van der Waals surface area contributed by atoms with Crippen molar-refractivity contribution in [2.24, 2.45) is 16.3 Å². The molecule has 0 aromatic carbocycles. The Balaban J connectivity index is 1.91. The second-order valence-corrected chi connectivity index (χ2v) is 8.94. The van der Waals surface area contributed by atoms with E-state index in [9.17, 15) is 5.26 Å². The zero-order valence-corrected chi connectivity index (χ0v) is 14.9. The lowest BCUT2D eigenvalue weighted by Crippen LogP contribution is -2.26. The SMILES string of the molecule is CC(C)(C)C1CCc2c(sc(/N=C\c3cccs3)c2C#N)C1. The molecule has 2 nitrogen and oxygen atoms in total. The van der Waals surface area contributed by atoms with Gasteiger partial charge in [-0.1, -0.05) is 26.8 Å². The highest BCUT2D eigenvalue weighted by Crippen LogP contribution is 2.44. The van der Waals surface area contributed by atoms with Crippen molar-refractivity contribution in [2.45, 2.75) is 40.0 Å². The predicted octanol–water partition coefficient (Wildman–Crippen LogP) is 5.58. The van der Waals surface area contributed by atoms with Crippen LogP contribution in [0, 0.1) is 22.7 Å². The van der Waals surface area contributed by atoms with Crippen molar-refractivity contribution in [2.75, 3.05) is 0 Å². The van der Waals surface area contributed by atoms with Gasteiger partial charge in [0, 0.05) is 16.0 Å². The van der Waals surface area contributed by atoms with Crippen molar-refractivity contribution in [3.63, 3.8) is 0 Å². The third-order valence-electron chi connectivity index (χ3n) is 4.44. The number of hydrogen-bond acceptors (Lipinski definition) is 4. The molecule has 0 fully saturated rings. The Kier molecular flexibility index (Phi) is 4.20. The van der Waals surface area contributed by atoms with E-state index in [-0.39, 0.29) is 0 Å². The lowest BCUT2D eigenvalue weighted by Gasteiger charge is -2.33. The third-order valence-corrected chi connectivity index (χ3v) is 6.40. The average molecular weight is 329 g/mol. The Bertz CT molecular complexity index is 724. The van der Waals surface area contributed by atoms with E-state index < -0.39 is 0 Å². The maximum atomic E-state index is 9.53. The molecule has 3 rings (SSSR count). The number of fused-ring (bicyclic) bond motifs is 1. The highest BCUT2D eigenvalue weighted by atomic mass is 32.1. The molecule has 2 heterocycles. The van der Waals surface area contributed by atoms with E-state index in [2.05, 4.69) is 31.8 Å². The van der Waals surface area contributed by atoms with Crippen LogP contribution in [0.3, 0.4) is 0 Å². The summed E-state index contributed by atoms with van der Waals surface area (Å²) in [4.78, 5) is 7.10. The van der Waals surface area contributed by atoms with Gasteiger partial charge in [0.05, 0.1) is 5.56 Å². The fourth-order valence-corrected chi connectivity index (χ4v) is 4.81. The van der Waals surface area contributed by atoms with Gasteiger partial charge in [0.15, 0.2) is 0 Å². The molecule has 0 saturated heterocycles. The molecule has 2 aromatic heterocycles. The second kappa shape index (κ2) is 5.98. The maximum absolute atomic E-state index is 9.53. The van der Waals surface area contributed by atoms with Crippen LogP contribution in [-0.2, 0) is 12.8 Å². The summed E-state index contributed by atoms with van der Waals surface area (Å²) in [5.74, 6) is 0.694. The predicted molar refractivity (Wildman–Crippen MR) is 95.6 cm³/mol. The maximum Gasteiger partial charge on any atom is 0.134 e. The third kappa shape index (κ3) is 3.02. The topological polar surface area (TPSA) is 36.1 Å². The molecule has 1 atom stereocenters. The van der Waals surface area contributed by atoms with Gasteiger partial charge in [-0.05, 0) is 47.6 Å². The van der Waals surface area contributed by atoms with Crippen LogP contribution in [0.4, 0.5) is 5.00 Å². The summed E-state index contributed by atoms with van der Waals surface area (Å²) in [5.41, 5.74) is 2.39. The number of aliphatic imine (C=N–C) groups is 1. The quantitative estimate of drug-likeness (QED) is 0.663. The fraction of sp³-hybridized carbons (Fsp3) is 0.444. The highest BCUT2D eigenvalue weighted by Gasteiger charge is 2.32. The standard InChI is InChI=1S/C18H20N2S2/c1-18(2,3)12-6-7-14-15(10-19)17(22-16(14)9-12)20-11-13-5-4-8-21-13/h4-5,8,11-12H,6-7,9H2,1-3H3/b20-11-. The number of thiophene rings is 2. The van der Waals surface area contributed by atoms with E-state index in [0.717, 1.165) is 28.3 Å². The van der Waals surface area contributed by atoms with Crippen molar-refractivity contribution in [1.29, 1.82) is 5.26 Å². The summed E-state index contributed by atoms with van der Waals surface area (Å²) in [5, 5.41) is 12.5. The van der Waals surface area contributed by atoms with Crippen LogP contribution in [0.1, 0.15) is 48.1 Å². The molecule has 0 saturated carbocycles. The van der Waals surface area contributed by atoms with Crippen LogP contribution in [0.2, 0.25) is 0 Å². The van der Waals surface area contributed by atoms with Crippen LogP contribution in [0.5, 0.6) is 0 Å². The van der Waals surface area contributed by atoms with Crippen molar-refractivity contribution in [3.8, 4) is 6.07 Å². The van der Waals surface area contributed by atoms with Crippen molar-refractivity contribution < 1.29 is 0 Å². The van der Waals surface area contributed by atoms with Crippen LogP contribution < -0.4 is 0 Å². The molecule has 0 N–H and O–H groups in total. The van der Waals surface area contributed by atoms with E-state index in [0.29, 0.717) is 11.3 Å². The molecule has 0 radical (unpaired) electrons. The first-order valence-electron chi connectivity index (χ1n) is 7.61. The number of hydrogen-bond donors (Lipinski definition) is 0. The second-order valence-electron chi connectivity index (χ2n) is 6.88. The van der Waals surface area contributed by atoms with E-state index in [1.807, 2.05) is 23.7 Å². The monoisotopic (exact) mass is 328 g/mol. The van der Waals surface area contributed by atoms with E-state index >= 15 is 0 Å². The molecule has 0 bridgehead atoms. The van der Waals surface area contributed by atoms with E-state index in [1.54, 1.807) is 22.7 Å². The van der Waals surface area contributed by atoms with Crippen LogP contribution in [0.15, 0.2) is 22.5 Å². The minimum atomic E-state index is 0.328. The van der Waals surface area contributed by atoms with Crippen molar-refractivity contribution >= 4 is 33.9 Å². The molecule has 22 heavy (non-hydrogen) atoms. The summed E-state index contributed by atoms with van der Waals surface area (Å²) >= 11 is 3.38. The van der Waals surface area contributed by atoms with Crippen molar-refractivity contribution in [1.82, 2.24) is 0 Å². The molecule has 1 aliphatic rings. The largest absolute Gasteiger partial charge is 0.243 e. The first-order valence-corrected chi connectivity index (χ1v) is 9.31. The van der Waals surface area contributed by atoms with Gasteiger partial charge in [-0.25, -0.2) is 4.99 Å². The van der Waals surface area contributed by atoms with E-state index in [4.69, 9.17) is 0 Å². The zero-order valence-electron chi connectivity index (χ0n) is 13.2. The highest BCUT2D eigenvalue weighted by molar-refractivity contribution is 7.16. The first-order chi connectivity index (χ1) is 10.5. The Labute approximate surface area is 140 Å². The van der Waals surface area contributed by atoms with Gasteiger partial charge in [-0.15, -0.1) is 22.7 Å². The number of rotatable bonds is 2. The molecular weight excluding hydrogens is 308 g/mol. The van der Waals surface area contributed by atoms with Gasteiger partial charge in [0.2, 0.25) is 0 Å². The molecule has 1 unspecified atom stereocenters. The number of nitriles is 1. The molecule has 0 aliphatic heterocycles. The minimum Gasteiger partial charge on any atom is -0.243 e. The summed E-state index contributed by atoms with van der Waals surface area (Å²) in [6, 6.07) is 6.45. The minimum absolute atomic E-state index is 0.328. The molecule has 0 amide bonds. The smallest absolute Gasteiger partial charge is 0.134 e. The molecule has 114 valence electrons. The van der Waals surface area contributed by atoms with Gasteiger partial charge in [-0.3, -0.25) is 0 Å². The van der Waals surface area contributed by atoms with Crippen LogP contribution in [0.25, 0.3) is 0 Å². The Morgan fingerprint density at radius 2 is 2.23 bits per heavy atom. The molecule has 1 aliphatic carbocycles. The summed E-state index contributed by atoms with van der Waals surface area (Å²) in [7, 11) is 0. The van der Waals surface area contributed by atoms with E-state index in [1.165, 1.54) is 16.9 Å². The molecule has 0 spiro atoms. The lowest BCUT2D eigenvalue weighted by atomic mass is 9.72. The molecular formula is C18H20N2S2. The van der Waals surface area contributed by atoms with Crippen molar-refractivity contribution in [3.05, 3.63) is 38.4 Å². The van der Waals surface area contributed by atoms with Gasteiger partial charge >= 0.3 is 0 Å². The Morgan fingerprint density at radius 3 is 2.86 bits per heavy atom. The Morgan fingerprint density at radius 1 is 1.41 bits per heavy atom. The summed E-state index contributed by atoms with van der Waals surface area (Å²) in [6.45, 7) is 6.95. The summed E-state index contributed by atoms with van der Waals surface area (Å²) in [6.07, 6.45) is 5.16. The fourth-order valence-electron chi connectivity index (χ4n) is 3.00. The van der Waals surface area contributed by atoms with Gasteiger partial charge < -0.3 is 0 Å². The molecule has 2 aromatic rings.